The summed E-state index contributed by atoms with van der Waals surface area (Å²) in [5, 5.41) is 8.66. The first kappa shape index (κ1) is 14.2. The Morgan fingerprint density at radius 2 is 2.11 bits per heavy atom. The van der Waals surface area contributed by atoms with Gasteiger partial charge in [0.05, 0.1) is 6.61 Å². The van der Waals surface area contributed by atoms with Gasteiger partial charge in [0.2, 0.25) is 0 Å². The van der Waals surface area contributed by atoms with Gasteiger partial charge in [0.1, 0.15) is 18.2 Å². The molecule has 0 saturated heterocycles. The summed E-state index contributed by atoms with van der Waals surface area (Å²) in [5.74, 6) is -0.310. The third-order valence-electron chi connectivity index (χ3n) is 2.00. The molecule has 0 bridgehead atoms. The van der Waals surface area contributed by atoms with Crippen LogP contribution in [0.5, 0.6) is 5.75 Å². The molecule has 18 heavy (non-hydrogen) atoms. The molecule has 0 amide bonds. The maximum absolute atomic E-state index is 12.7. The molecule has 0 radical (unpaired) electrons. The van der Waals surface area contributed by atoms with Crippen LogP contribution in [0.15, 0.2) is 36.4 Å². The van der Waals surface area contributed by atoms with Crippen molar-refractivity contribution in [3.8, 4) is 5.75 Å². The fourth-order valence-corrected chi connectivity index (χ4v) is 1.26. The van der Waals surface area contributed by atoms with Crippen LogP contribution in [0.1, 0.15) is 6.92 Å². The van der Waals surface area contributed by atoms with Crippen LogP contribution in [-0.2, 0) is 9.53 Å². The molecule has 98 valence electrons. The van der Waals surface area contributed by atoms with E-state index >= 15 is 0 Å². The molecule has 0 aliphatic heterocycles. The number of hydrogen-bond acceptors (Lipinski definition) is 4. The number of esters is 1. The Morgan fingerprint density at radius 3 is 2.67 bits per heavy atom. The number of halogens is 1. The van der Waals surface area contributed by atoms with Gasteiger partial charge in [-0.1, -0.05) is 6.08 Å². The summed E-state index contributed by atoms with van der Waals surface area (Å²) < 4.78 is 23.0. The zero-order chi connectivity index (χ0) is 13.4. The van der Waals surface area contributed by atoms with Crippen molar-refractivity contribution < 1.29 is 23.8 Å². The summed E-state index contributed by atoms with van der Waals surface area (Å²) in [5.41, 5.74) is 0. The van der Waals surface area contributed by atoms with Crippen LogP contribution >= 0.6 is 0 Å². The van der Waals surface area contributed by atoms with E-state index in [-0.39, 0.29) is 19.0 Å². The smallest absolute Gasteiger partial charge is 0.303 e. The predicted octanol–water partition coefficient (Wildman–Crippen LogP) is 1.68. The second-order valence-electron chi connectivity index (χ2n) is 3.52. The lowest BCUT2D eigenvalue weighted by molar-refractivity contribution is -0.145. The van der Waals surface area contributed by atoms with Gasteiger partial charge in [-0.2, -0.15) is 0 Å². The van der Waals surface area contributed by atoms with E-state index < -0.39 is 12.1 Å². The maximum Gasteiger partial charge on any atom is 0.303 e. The highest BCUT2D eigenvalue weighted by Crippen LogP contribution is 2.12. The molecule has 0 heterocycles. The first-order chi connectivity index (χ1) is 8.61. The van der Waals surface area contributed by atoms with Gasteiger partial charge in [-0.25, -0.2) is 4.39 Å². The molecule has 0 spiro atoms. The number of benzene rings is 1. The van der Waals surface area contributed by atoms with E-state index in [1.807, 2.05) is 0 Å². The Hall–Kier alpha value is -1.88. The Bertz CT molecular complexity index is 400. The minimum Gasteiger partial charge on any atom is -0.489 e. The quantitative estimate of drug-likeness (QED) is 0.620. The van der Waals surface area contributed by atoms with Crippen LogP contribution in [0.3, 0.4) is 0 Å². The van der Waals surface area contributed by atoms with E-state index in [2.05, 4.69) is 0 Å². The van der Waals surface area contributed by atoms with Crippen LogP contribution in [0.2, 0.25) is 0 Å². The second kappa shape index (κ2) is 7.45. The first-order valence-electron chi connectivity index (χ1n) is 5.45. The van der Waals surface area contributed by atoms with Crippen molar-refractivity contribution in [2.45, 2.75) is 13.0 Å². The SMILES string of the molecule is CC(=O)OC(/C=C/CO)COc1ccc(F)cc1. The summed E-state index contributed by atoms with van der Waals surface area (Å²) in [7, 11) is 0. The monoisotopic (exact) mass is 254 g/mol. The molecule has 1 N–H and O–H groups in total. The summed E-state index contributed by atoms with van der Waals surface area (Å²) in [6.07, 6.45) is 2.41. The number of hydrogen-bond donors (Lipinski definition) is 1. The van der Waals surface area contributed by atoms with Gasteiger partial charge in [0.25, 0.3) is 0 Å². The van der Waals surface area contributed by atoms with Crippen LogP contribution in [0.4, 0.5) is 4.39 Å². The van der Waals surface area contributed by atoms with E-state index in [1.54, 1.807) is 0 Å². The minimum atomic E-state index is -0.584. The van der Waals surface area contributed by atoms with Crippen molar-refractivity contribution in [1.82, 2.24) is 0 Å². The summed E-state index contributed by atoms with van der Waals surface area (Å²) in [4.78, 5) is 10.8. The fourth-order valence-electron chi connectivity index (χ4n) is 1.26. The summed E-state index contributed by atoms with van der Waals surface area (Å²) >= 11 is 0. The van der Waals surface area contributed by atoms with E-state index in [9.17, 15) is 9.18 Å². The van der Waals surface area contributed by atoms with E-state index in [4.69, 9.17) is 14.6 Å². The van der Waals surface area contributed by atoms with Crippen molar-refractivity contribution in [3.05, 3.63) is 42.2 Å². The average Bonchev–Trinajstić information content (AvgIpc) is 2.34. The van der Waals surface area contributed by atoms with Crippen LogP contribution < -0.4 is 4.74 Å². The van der Waals surface area contributed by atoms with Gasteiger partial charge in [-0.15, -0.1) is 0 Å². The Morgan fingerprint density at radius 1 is 1.44 bits per heavy atom. The molecule has 1 unspecified atom stereocenters. The van der Waals surface area contributed by atoms with Crippen LogP contribution in [-0.4, -0.2) is 30.4 Å². The van der Waals surface area contributed by atoms with Gasteiger partial charge in [-0.05, 0) is 30.3 Å². The lowest BCUT2D eigenvalue weighted by Crippen LogP contribution is -2.22. The van der Waals surface area contributed by atoms with Crippen LogP contribution in [0, 0.1) is 5.82 Å². The molecule has 5 heteroatoms. The number of ether oxygens (including phenoxy) is 2. The maximum atomic E-state index is 12.7. The molecule has 0 fully saturated rings. The summed E-state index contributed by atoms with van der Waals surface area (Å²) in [6, 6.07) is 5.52. The third-order valence-corrected chi connectivity index (χ3v) is 2.00. The van der Waals surface area contributed by atoms with E-state index in [1.165, 1.54) is 43.3 Å². The number of aliphatic hydroxyl groups excluding tert-OH is 1. The molecule has 1 rings (SSSR count). The summed E-state index contributed by atoms with van der Waals surface area (Å²) in [6.45, 7) is 1.24. The molecule has 0 aliphatic rings. The van der Waals surface area contributed by atoms with E-state index in [0.717, 1.165) is 0 Å². The normalized spacial score (nSPS) is 12.4. The first-order valence-corrected chi connectivity index (χ1v) is 5.45. The molecule has 0 saturated carbocycles. The zero-order valence-corrected chi connectivity index (χ0v) is 10.0. The molecule has 0 aromatic heterocycles. The highest BCUT2D eigenvalue weighted by Gasteiger charge is 2.09. The molecule has 1 atom stereocenters. The largest absolute Gasteiger partial charge is 0.489 e. The minimum absolute atomic E-state index is 0.0989. The lowest BCUT2D eigenvalue weighted by Gasteiger charge is -2.14. The molecular weight excluding hydrogens is 239 g/mol. The van der Waals surface area contributed by atoms with Crippen molar-refractivity contribution >= 4 is 5.97 Å². The molecule has 1 aromatic rings. The predicted molar refractivity (Wildman–Crippen MR) is 63.7 cm³/mol. The van der Waals surface area contributed by atoms with Crippen molar-refractivity contribution in [3.63, 3.8) is 0 Å². The van der Waals surface area contributed by atoms with Gasteiger partial charge < -0.3 is 14.6 Å². The molecule has 4 nitrogen and oxygen atoms in total. The fraction of sp³-hybridized carbons (Fsp3) is 0.308. The Balaban J connectivity index is 2.52. The van der Waals surface area contributed by atoms with Crippen molar-refractivity contribution in [1.29, 1.82) is 0 Å². The Kier molecular flexibility index (Phi) is 5.87. The van der Waals surface area contributed by atoms with Crippen LogP contribution in [0.25, 0.3) is 0 Å². The molecule has 0 aliphatic carbocycles. The topological polar surface area (TPSA) is 55.8 Å². The third kappa shape index (κ3) is 5.45. The number of rotatable bonds is 6. The average molecular weight is 254 g/mol. The number of aliphatic hydroxyl groups is 1. The zero-order valence-electron chi connectivity index (χ0n) is 10.0. The van der Waals surface area contributed by atoms with Gasteiger partial charge in [0, 0.05) is 6.92 Å². The van der Waals surface area contributed by atoms with Gasteiger partial charge in [0.15, 0.2) is 6.10 Å². The number of carbonyl (C=O) groups excluding carboxylic acids is 1. The standard InChI is InChI=1S/C13H15FO4/c1-10(16)18-13(3-2-8-15)9-17-12-6-4-11(14)5-7-12/h2-7,13,15H,8-9H2,1H3/b3-2+. The molecular formula is C13H15FO4. The second-order valence-corrected chi connectivity index (χ2v) is 3.52. The van der Waals surface area contributed by atoms with Crippen molar-refractivity contribution in [2.24, 2.45) is 0 Å². The number of carbonyl (C=O) groups is 1. The lowest BCUT2D eigenvalue weighted by atomic mass is 10.3. The van der Waals surface area contributed by atoms with E-state index in [0.29, 0.717) is 5.75 Å². The molecule has 1 aromatic carbocycles. The van der Waals surface area contributed by atoms with Gasteiger partial charge >= 0.3 is 5.97 Å². The highest BCUT2D eigenvalue weighted by molar-refractivity contribution is 5.66. The Labute approximate surface area is 105 Å². The highest BCUT2D eigenvalue weighted by atomic mass is 19.1. The van der Waals surface area contributed by atoms with Gasteiger partial charge in [-0.3, -0.25) is 4.79 Å². The van der Waals surface area contributed by atoms with Crippen molar-refractivity contribution in [2.75, 3.05) is 13.2 Å².